The third kappa shape index (κ3) is 3.54. The lowest BCUT2D eigenvalue weighted by Crippen LogP contribution is -2.50. The maximum absolute atomic E-state index is 9.72. The average molecular weight is 266 g/mol. The summed E-state index contributed by atoms with van der Waals surface area (Å²) >= 11 is 0. The predicted octanol–water partition coefficient (Wildman–Crippen LogP) is 1.72. The number of aliphatic hydroxyl groups is 1. The summed E-state index contributed by atoms with van der Waals surface area (Å²) in [5.74, 6) is 1.75. The molecule has 1 aliphatic rings. The predicted molar refractivity (Wildman–Crippen MR) is 74.6 cm³/mol. The summed E-state index contributed by atoms with van der Waals surface area (Å²) in [7, 11) is 0. The number of hydrogen-bond acceptors (Lipinski definition) is 4. The summed E-state index contributed by atoms with van der Waals surface area (Å²) in [5.41, 5.74) is -0.116. The van der Waals surface area contributed by atoms with Gasteiger partial charge >= 0.3 is 0 Å². The Balaban J connectivity index is 1.94. The van der Waals surface area contributed by atoms with Crippen molar-refractivity contribution >= 4 is 0 Å². The first-order chi connectivity index (χ1) is 9.19. The molecule has 1 heterocycles. The summed E-state index contributed by atoms with van der Waals surface area (Å²) < 4.78 is 1.95. The number of nitrogens with zero attached hydrogens (tertiary/aromatic N) is 3. The molecule has 0 bridgehead atoms. The minimum Gasteiger partial charge on any atom is -0.394 e. The minimum absolute atomic E-state index is 0.116. The second-order valence-corrected chi connectivity index (χ2v) is 5.87. The van der Waals surface area contributed by atoms with E-state index in [2.05, 4.69) is 29.2 Å². The molecule has 2 rings (SSSR count). The average Bonchev–Trinajstić information content (AvgIpc) is 2.87. The van der Waals surface area contributed by atoms with Gasteiger partial charge in [-0.15, -0.1) is 0 Å². The highest BCUT2D eigenvalue weighted by Crippen LogP contribution is 2.31. The summed E-state index contributed by atoms with van der Waals surface area (Å²) in [6.45, 7) is 6.23. The maximum Gasteiger partial charge on any atom is 0.140 e. The van der Waals surface area contributed by atoms with Crippen molar-refractivity contribution in [2.75, 3.05) is 6.61 Å². The van der Waals surface area contributed by atoms with Crippen molar-refractivity contribution < 1.29 is 5.11 Å². The molecule has 0 atom stereocenters. The maximum atomic E-state index is 9.72. The Bertz CT molecular complexity index is 383. The van der Waals surface area contributed by atoms with E-state index in [1.807, 2.05) is 4.68 Å². The number of aryl methyl sites for hydroxylation is 1. The second kappa shape index (κ2) is 6.48. The fourth-order valence-electron chi connectivity index (χ4n) is 2.80. The molecule has 0 amide bonds. The molecule has 1 aromatic rings. The smallest absolute Gasteiger partial charge is 0.140 e. The van der Waals surface area contributed by atoms with Crippen LogP contribution in [0.1, 0.15) is 51.8 Å². The first-order valence-electron chi connectivity index (χ1n) is 7.41. The largest absolute Gasteiger partial charge is 0.394 e. The minimum atomic E-state index is -0.116. The van der Waals surface area contributed by atoms with Crippen molar-refractivity contribution in [3.05, 3.63) is 12.2 Å². The van der Waals surface area contributed by atoms with Crippen LogP contribution in [0.25, 0.3) is 0 Å². The van der Waals surface area contributed by atoms with Crippen LogP contribution < -0.4 is 5.32 Å². The molecule has 2 N–H and O–H groups in total. The molecule has 0 spiro atoms. The van der Waals surface area contributed by atoms with Gasteiger partial charge in [-0.1, -0.05) is 13.8 Å². The van der Waals surface area contributed by atoms with Crippen molar-refractivity contribution in [1.29, 1.82) is 0 Å². The van der Waals surface area contributed by atoms with Gasteiger partial charge in [0.25, 0.3) is 0 Å². The Morgan fingerprint density at radius 2 is 2.21 bits per heavy atom. The monoisotopic (exact) mass is 266 g/mol. The molecular weight excluding hydrogens is 240 g/mol. The zero-order valence-corrected chi connectivity index (χ0v) is 12.1. The Morgan fingerprint density at radius 3 is 2.84 bits per heavy atom. The molecule has 5 nitrogen and oxygen atoms in total. The van der Waals surface area contributed by atoms with Crippen molar-refractivity contribution in [3.8, 4) is 0 Å². The zero-order valence-electron chi connectivity index (χ0n) is 12.1. The highest BCUT2D eigenvalue weighted by Gasteiger charge is 2.33. The van der Waals surface area contributed by atoms with Crippen LogP contribution in [0, 0.1) is 5.92 Å². The molecule has 1 saturated carbocycles. The van der Waals surface area contributed by atoms with Gasteiger partial charge in [-0.05, 0) is 38.0 Å². The Hall–Kier alpha value is -0.940. The number of hydrogen-bond donors (Lipinski definition) is 2. The van der Waals surface area contributed by atoms with E-state index in [-0.39, 0.29) is 12.1 Å². The normalized spacial score (nSPS) is 27.6. The van der Waals surface area contributed by atoms with Gasteiger partial charge in [-0.2, -0.15) is 5.10 Å². The van der Waals surface area contributed by atoms with E-state index in [4.69, 9.17) is 0 Å². The van der Waals surface area contributed by atoms with E-state index in [0.717, 1.165) is 37.5 Å². The van der Waals surface area contributed by atoms with E-state index in [1.165, 1.54) is 12.8 Å². The van der Waals surface area contributed by atoms with Crippen LogP contribution in [-0.2, 0) is 13.1 Å². The van der Waals surface area contributed by atoms with Gasteiger partial charge in [0.05, 0.1) is 13.2 Å². The van der Waals surface area contributed by atoms with Crippen LogP contribution in [-0.4, -0.2) is 32.0 Å². The van der Waals surface area contributed by atoms with E-state index in [1.54, 1.807) is 6.33 Å². The van der Waals surface area contributed by atoms with Gasteiger partial charge in [0.2, 0.25) is 0 Å². The van der Waals surface area contributed by atoms with E-state index in [0.29, 0.717) is 6.54 Å². The summed E-state index contributed by atoms with van der Waals surface area (Å²) in [6.07, 6.45) is 7.14. The van der Waals surface area contributed by atoms with E-state index >= 15 is 0 Å². The van der Waals surface area contributed by atoms with Gasteiger partial charge < -0.3 is 10.4 Å². The number of aliphatic hydroxyl groups excluding tert-OH is 1. The highest BCUT2D eigenvalue weighted by molar-refractivity contribution is 4.94. The summed E-state index contributed by atoms with van der Waals surface area (Å²) in [5, 5.41) is 17.5. The van der Waals surface area contributed by atoms with E-state index in [9.17, 15) is 5.11 Å². The molecule has 1 aromatic heterocycles. The third-order valence-electron chi connectivity index (χ3n) is 4.29. The lowest BCUT2D eigenvalue weighted by molar-refractivity contribution is 0.103. The van der Waals surface area contributed by atoms with Gasteiger partial charge in [-0.25, -0.2) is 9.67 Å². The van der Waals surface area contributed by atoms with Crippen molar-refractivity contribution in [1.82, 2.24) is 20.1 Å². The SMILES string of the molecule is CCCn1ncnc1CNC1(CO)CCC(C)CC1. The van der Waals surface area contributed by atoms with Crippen molar-refractivity contribution in [2.45, 2.75) is 64.6 Å². The third-order valence-corrected chi connectivity index (χ3v) is 4.29. The topological polar surface area (TPSA) is 63.0 Å². The molecule has 0 aliphatic heterocycles. The number of nitrogens with one attached hydrogen (secondary N) is 1. The van der Waals surface area contributed by atoms with Gasteiger partial charge in [-0.3, -0.25) is 0 Å². The van der Waals surface area contributed by atoms with Crippen molar-refractivity contribution in [2.24, 2.45) is 5.92 Å². The first kappa shape index (κ1) is 14.5. The van der Waals surface area contributed by atoms with Gasteiger partial charge in [0, 0.05) is 12.1 Å². The van der Waals surface area contributed by atoms with E-state index < -0.39 is 0 Å². The molecule has 0 saturated heterocycles. The van der Waals surface area contributed by atoms with Crippen LogP contribution in [0.5, 0.6) is 0 Å². The molecule has 108 valence electrons. The number of rotatable bonds is 6. The van der Waals surface area contributed by atoms with Crippen LogP contribution in [0.15, 0.2) is 6.33 Å². The molecule has 1 fully saturated rings. The van der Waals surface area contributed by atoms with Crippen LogP contribution in [0.4, 0.5) is 0 Å². The summed E-state index contributed by atoms with van der Waals surface area (Å²) in [4.78, 5) is 4.31. The fourth-order valence-corrected chi connectivity index (χ4v) is 2.80. The number of aromatic nitrogens is 3. The Kier molecular flexibility index (Phi) is 4.93. The lowest BCUT2D eigenvalue weighted by atomic mass is 9.77. The standard InChI is InChI=1S/C14H26N4O/c1-3-8-18-13(15-11-17-18)9-16-14(10-19)6-4-12(2)5-7-14/h11-12,16,19H,3-10H2,1-2H3. The molecule has 5 heteroatoms. The molecule has 1 aliphatic carbocycles. The molecule has 0 aromatic carbocycles. The lowest BCUT2D eigenvalue weighted by Gasteiger charge is -2.38. The molecule has 19 heavy (non-hydrogen) atoms. The molecule has 0 unspecified atom stereocenters. The van der Waals surface area contributed by atoms with Crippen LogP contribution >= 0.6 is 0 Å². The Labute approximate surface area is 115 Å². The fraction of sp³-hybridized carbons (Fsp3) is 0.857. The van der Waals surface area contributed by atoms with Crippen molar-refractivity contribution in [3.63, 3.8) is 0 Å². The second-order valence-electron chi connectivity index (χ2n) is 5.87. The molecule has 0 radical (unpaired) electrons. The van der Waals surface area contributed by atoms with Gasteiger partial charge in [0.1, 0.15) is 12.2 Å². The summed E-state index contributed by atoms with van der Waals surface area (Å²) in [6, 6.07) is 0. The highest BCUT2D eigenvalue weighted by atomic mass is 16.3. The van der Waals surface area contributed by atoms with Crippen LogP contribution in [0.2, 0.25) is 0 Å². The van der Waals surface area contributed by atoms with Crippen LogP contribution in [0.3, 0.4) is 0 Å². The Morgan fingerprint density at radius 1 is 1.47 bits per heavy atom. The quantitative estimate of drug-likeness (QED) is 0.823. The molecular formula is C14H26N4O. The van der Waals surface area contributed by atoms with Gasteiger partial charge in [0.15, 0.2) is 0 Å². The zero-order chi connectivity index (χ0) is 13.7. The first-order valence-corrected chi connectivity index (χ1v) is 7.41.